The van der Waals surface area contributed by atoms with Gasteiger partial charge in [0.25, 0.3) is 0 Å². The second kappa shape index (κ2) is 5.73. The van der Waals surface area contributed by atoms with E-state index in [0.29, 0.717) is 16.9 Å². The van der Waals surface area contributed by atoms with E-state index in [2.05, 4.69) is 9.97 Å². The smallest absolute Gasteiger partial charge is 0.210 e. The molecule has 0 spiro atoms. The number of aromatic nitrogens is 3. The number of imidazole rings is 1. The molecule has 0 atom stereocenters. The average molecular weight is 361 g/mol. The number of sulfone groups is 1. The zero-order valence-corrected chi connectivity index (χ0v) is 15.2. The first-order valence-electron chi connectivity index (χ1n) is 7.60. The summed E-state index contributed by atoms with van der Waals surface area (Å²) in [5, 5.41) is 9.35. The molecule has 3 aromatic heterocycles. The van der Waals surface area contributed by atoms with E-state index in [9.17, 15) is 13.5 Å². The Hall–Kier alpha value is -2.61. The number of fused-ring (bicyclic) bond motifs is 1. The predicted octanol–water partition coefficient (Wildman–Crippen LogP) is 2.68. The molecule has 0 amide bonds. The third-order valence-electron chi connectivity index (χ3n) is 3.93. The molecular weight excluding hydrogens is 342 g/mol. The van der Waals surface area contributed by atoms with Crippen LogP contribution >= 0.6 is 0 Å². The third-order valence-corrected chi connectivity index (χ3v) is 6.43. The van der Waals surface area contributed by atoms with Crippen molar-refractivity contribution in [2.45, 2.75) is 30.4 Å². The number of hydrogen-bond donors (Lipinski definition) is 1. The number of rotatable bonds is 3. The van der Waals surface area contributed by atoms with Gasteiger partial charge in [-0.1, -0.05) is 0 Å². The van der Waals surface area contributed by atoms with Crippen LogP contribution in [-0.4, -0.2) is 39.7 Å². The molecule has 8 heteroatoms. The van der Waals surface area contributed by atoms with Gasteiger partial charge in [0.05, 0.1) is 23.7 Å². The molecule has 132 valence electrons. The summed E-state index contributed by atoms with van der Waals surface area (Å²) >= 11 is 0. The average Bonchev–Trinajstić information content (AvgIpc) is 2.96. The van der Waals surface area contributed by atoms with E-state index in [0.717, 1.165) is 0 Å². The summed E-state index contributed by atoms with van der Waals surface area (Å²) in [4.78, 5) is 8.27. The van der Waals surface area contributed by atoms with Crippen molar-refractivity contribution in [3.8, 4) is 22.9 Å². The Kier molecular flexibility index (Phi) is 3.95. The minimum Gasteiger partial charge on any atom is -0.495 e. The summed E-state index contributed by atoms with van der Waals surface area (Å²) in [7, 11) is -2.19. The maximum absolute atomic E-state index is 12.9. The number of methoxy groups -OCH3 is 1. The van der Waals surface area contributed by atoms with E-state index < -0.39 is 14.6 Å². The molecule has 3 aromatic rings. The lowest BCUT2D eigenvalue weighted by Crippen LogP contribution is -2.28. The number of aromatic hydroxyl groups is 1. The lowest BCUT2D eigenvalue weighted by atomic mass is 10.2. The molecule has 0 fully saturated rings. The van der Waals surface area contributed by atoms with Crippen LogP contribution in [0.4, 0.5) is 0 Å². The van der Waals surface area contributed by atoms with Gasteiger partial charge < -0.3 is 9.84 Å². The fourth-order valence-corrected chi connectivity index (χ4v) is 3.74. The first-order valence-corrected chi connectivity index (χ1v) is 9.08. The molecule has 25 heavy (non-hydrogen) atoms. The van der Waals surface area contributed by atoms with Crippen LogP contribution in [-0.2, 0) is 9.84 Å². The zero-order valence-electron chi connectivity index (χ0n) is 14.4. The summed E-state index contributed by atoms with van der Waals surface area (Å²) in [5.41, 5.74) is 1.91. The molecule has 0 unspecified atom stereocenters. The summed E-state index contributed by atoms with van der Waals surface area (Å²) in [6.45, 7) is 4.93. The van der Waals surface area contributed by atoms with Crippen molar-refractivity contribution in [1.29, 1.82) is 0 Å². The minimum absolute atomic E-state index is 0.0877. The molecule has 1 N–H and O–H groups in total. The van der Waals surface area contributed by atoms with E-state index >= 15 is 0 Å². The van der Waals surface area contributed by atoms with Gasteiger partial charge in [-0.2, -0.15) is 0 Å². The second-order valence-corrected chi connectivity index (χ2v) is 9.27. The Bertz CT molecular complexity index is 1030. The Balaban J connectivity index is 2.29. The number of ether oxygens (including phenoxy) is 1. The molecule has 0 saturated heterocycles. The van der Waals surface area contributed by atoms with Crippen LogP contribution in [0.15, 0.2) is 41.7 Å². The third kappa shape index (κ3) is 2.82. The SMILES string of the molecule is COc1cc2ncc(-c3ccc(O)nc3)n2cc1S(=O)(=O)C(C)(C)C. The molecular formula is C17H19N3O4S. The Labute approximate surface area is 145 Å². The predicted molar refractivity (Wildman–Crippen MR) is 93.6 cm³/mol. The highest BCUT2D eigenvalue weighted by Crippen LogP contribution is 2.34. The molecule has 0 bridgehead atoms. The van der Waals surface area contributed by atoms with Gasteiger partial charge >= 0.3 is 0 Å². The highest BCUT2D eigenvalue weighted by molar-refractivity contribution is 7.92. The summed E-state index contributed by atoms with van der Waals surface area (Å²) < 4.78 is 31.9. The molecule has 0 aliphatic rings. The van der Waals surface area contributed by atoms with Crippen molar-refractivity contribution >= 4 is 15.5 Å². The first kappa shape index (κ1) is 17.2. The van der Waals surface area contributed by atoms with Gasteiger partial charge in [-0.05, 0) is 26.8 Å². The number of nitrogens with zero attached hydrogens (tertiary/aromatic N) is 3. The zero-order chi connectivity index (χ0) is 18.4. The van der Waals surface area contributed by atoms with Crippen LogP contribution in [0, 0.1) is 0 Å². The molecule has 3 heterocycles. The van der Waals surface area contributed by atoms with Crippen molar-refractivity contribution in [3.05, 3.63) is 36.8 Å². The van der Waals surface area contributed by atoms with Crippen molar-refractivity contribution < 1.29 is 18.3 Å². The van der Waals surface area contributed by atoms with Gasteiger partial charge in [0, 0.05) is 30.1 Å². The molecule has 3 rings (SSSR count). The maximum atomic E-state index is 12.9. The largest absolute Gasteiger partial charge is 0.495 e. The van der Waals surface area contributed by atoms with Crippen LogP contribution in [0.25, 0.3) is 16.9 Å². The standard InChI is InChI=1S/C17H19N3O4S/c1-17(2,3)25(22,23)14-10-20-12(11-5-6-16(21)19-8-11)9-18-15(20)7-13(14)24-4/h5-10H,1-4H3,(H,19,21). The molecule has 0 aromatic carbocycles. The minimum atomic E-state index is -3.62. The number of hydrogen-bond acceptors (Lipinski definition) is 6. The lowest BCUT2D eigenvalue weighted by Gasteiger charge is -2.21. The van der Waals surface area contributed by atoms with Gasteiger partial charge in [-0.15, -0.1) is 0 Å². The van der Waals surface area contributed by atoms with Crippen molar-refractivity contribution in [2.75, 3.05) is 7.11 Å². The van der Waals surface area contributed by atoms with E-state index in [-0.39, 0.29) is 16.5 Å². The van der Waals surface area contributed by atoms with Crippen LogP contribution in [0.3, 0.4) is 0 Å². The van der Waals surface area contributed by atoms with Crippen molar-refractivity contribution in [3.63, 3.8) is 0 Å². The highest BCUT2D eigenvalue weighted by Gasteiger charge is 2.34. The molecule has 0 saturated carbocycles. The van der Waals surface area contributed by atoms with Gasteiger partial charge in [0.2, 0.25) is 5.88 Å². The Morgan fingerprint density at radius 1 is 1.16 bits per heavy atom. The van der Waals surface area contributed by atoms with Gasteiger partial charge in [-0.3, -0.25) is 4.40 Å². The van der Waals surface area contributed by atoms with Crippen LogP contribution in [0.5, 0.6) is 11.6 Å². The van der Waals surface area contributed by atoms with Gasteiger partial charge in [-0.25, -0.2) is 18.4 Å². The lowest BCUT2D eigenvalue weighted by molar-refractivity contribution is 0.401. The van der Waals surface area contributed by atoms with E-state index in [4.69, 9.17) is 4.74 Å². The van der Waals surface area contributed by atoms with Crippen molar-refractivity contribution in [2.24, 2.45) is 0 Å². The second-order valence-electron chi connectivity index (χ2n) is 6.60. The number of pyridine rings is 2. The highest BCUT2D eigenvalue weighted by atomic mass is 32.2. The maximum Gasteiger partial charge on any atom is 0.210 e. The summed E-state index contributed by atoms with van der Waals surface area (Å²) in [6, 6.07) is 4.75. The van der Waals surface area contributed by atoms with Crippen LogP contribution < -0.4 is 4.74 Å². The summed E-state index contributed by atoms with van der Waals surface area (Å²) in [6.07, 6.45) is 4.64. The molecule has 7 nitrogen and oxygen atoms in total. The normalized spacial score (nSPS) is 12.5. The fraction of sp³-hybridized carbons (Fsp3) is 0.294. The van der Waals surface area contributed by atoms with Crippen LogP contribution in [0.1, 0.15) is 20.8 Å². The first-order chi connectivity index (χ1) is 11.6. The van der Waals surface area contributed by atoms with E-state index in [1.807, 2.05) is 0 Å². The van der Waals surface area contributed by atoms with Gasteiger partial charge in [0.1, 0.15) is 16.3 Å². The topological polar surface area (TPSA) is 93.8 Å². The monoisotopic (exact) mass is 361 g/mol. The van der Waals surface area contributed by atoms with Crippen molar-refractivity contribution in [1.82, 2.24) is 14.4 Å². The van der Waals surface area contributed by atoms with Gasteiger partial charge in [0.15, 0.2) is 9.84 Å². The quantitative estimate of drug-likeness (QED) is 0.771. The summed E-state index contributed by atoms with van der Waals surface area (Å²) in [5.74, 6) is 0.165. The molecule has 0 aliphatic heterocycles. The Morgan fingerprint density at radius 3 is 2.44 bits per heavy atom. The molecule has 0 radical (unpaired) electrons. The molecule has 0 aliphatic carbocycles. The Morgan fingerprint density at radius 2 is 1.88 bits per heavy atom. The van der Waals surface area contributed by atoms with E-state index in [1.165, 1.54) is 25.6 Å². The van der Waals surface area contributed by atoms with Crippen LogP contribution in [0.2, 0.25) is 0 Å². The van der Waals surface area contributed by atoms with E-state index in [1.54, 1.807) is 43.5 Å². The fourth-order valence-electron chi connectivity index (χ4n) is 2.43.